The average Bonchev–Trinajstić information content (AvgIpc) is 3.24. The van der Waals surface area contributed by atoms with E-state index < -0.39 is 0 Å². The maximum atomic E-state index is 12.7. The Hall–Kier alpha value is -2.77. The maximum Gasteiger partial charge on any atom is 0.234 e. The molecule has 2 N–H and O–H groups in total. The molecule has 0 spiro atoms. The number of hydrogen-bond acceptors (Lipinski definition) is 5. The highest BCUT2D eigenvalue weighted by molar-refractivity contribution is 7.99. The fourth-order valence-corrected chi connectivity index (χ4v) is 4.59. The molecule has 6 nitrogen and oxygen atoms in total. The van der Waals surface area contributed by atoms with E-state index in [4.69, 9.17) is 0 Å². The molecule has 3 aromatic rings. The molecule has 1 amide bonds. The summed E-state index contributed by atoms with van der Waals surface area (Å²) in [4.78, 5) is 19.5. The lowest BCUT2D eigenvalue weighted by atomic mass is 10.0. The van der Waals surface area contributed by atoms with Gasteiger partial charge in [-0.15, -0.1) is 0 Å². The number of hydrogen-bond donors (Lipinski definition) is 2. The van der Waals surface area contributed by atoms with Gasteiger partial charge in [0.2, 0.25) is 5.91 Å². The minimum Gasteiger partial charge on any atom is -0.381 e. The third-order valence-electron chi connectivity index (χ3n) is 5.59. The first-order valence-electron chi connectivity index (χ1n) is 10.7. The van der Waals surface area contributed by atoms with E-state index in [1.807, 2.05) is 47.2 Å². The van der Waals surface area contributed by atoms with Crippen LogP contribution in [0.15, 0.2) is 66.1 Å². The Morgan fingerprint density at radius 2 is 1.81 bits per heavy atom. The van der Waals surface area contributed by atoms with Gasteiger partial charge < -0.3 is 15.5 Å². The summed E-state index contributed by atoms with van der Waals surface area (Å²) in [7, 11) is 2.16. The Labute approximate surface area is 188 Å². The number of aryl methyl sites for hydroxylation is 1. The molecule has 7 heteroatoms. The molecule has 1 saturated heterocycles. The molecule has 1 aromatic heterocycles. The number of likely N-dealkylation sites (tertiary alicyclic amines) is 1. The van der Waals surface area contributed by atoms with Crippen molar-refractivity contribution in [1.29, 1.82) is 0 Å². The molecule has 0 unspecified atom stereocenters. The van der Waals surface area contributed by atoms with Gasteiger partial charge in [-0.2, -0.15) is 0 Å². The van der Waals surface area contributed by atoms with Crippen LogP contribution in [0.5, 0.6) is 0 Å². The number of rotatable bonds is 7. The molecule has 0 saturated carbocycles. The number of amides is 1. The van der Waals surface area contributed by atoms with Gasteiger partial charge in [0.15, 0.2) is 5.16 Å². The molecule has 0 atom stereocenters. The highest BCUT2D eigenvalue weighted by Gasteiger charge is 2.18. The van der Waals surface area contributed by atoms with Crippen molar-refractivity contribution in [2.45, 2.75) is 31.0 Å². The summed E-state index contributed by atoms with van der Waals surface area (Å²) in [6.45, 7) is 4.26. The third kappa shape index (κ3) is 5.48. The molecule has 4 rings (SSSR count). The predicted octanol–water partition coefficient (Wildman–Crippen LogP) is 4.42. The van der Waals surface area contributed by atoms with Crippen LogP contribution in [0.4, 0.5) is 11.4 Å². The summed E-state index contributed by atoms with van der Waals surface area (Å²) >= 11 is 1.44. The number of thioether (sulfide) groups is 1. The second-order valence-electron chi connectivity index (χ2n) is 7.97. The first-order valence-corrected chi connectivity index (χ1v) is 11.6. The molecule has 1 fully saturated rings. The molecule has 162 valence electrons. The number of imidazole rings is 1. The summed E-state index contributed by atoms with van der Waals surface area (Å²) in [6.07, 6.45) is 5.92. The van der Waals surface area contributed by atoms with Crippen LogP contribution in [0, 0.1) is 6.92 Å². The van der Waals surface area contributed by atoms with Crippen molar-refractivity contribution in [1.82, 2.24) is 14.5 Å². The van der Waals surface area contributed by atoms with Crippen molar-refractivity contribution in [2.24, 2.45) is 0 Å². The number of anilines is 2. The zero-order valence-electron chi connectivity index (χ0n) is 18.0. The van der Waals surface area contributed by atoms with Crippen LogP contribution in [0.1, 0.15) is 18.4 Å². The number of nitrogens with one attached hydrogen (secondary N) is 2. The highest BCUT2D eigenvalue weighted by atomic mass is 32.2. The summed E-state index contributed by atoms with van der Waals surface area (Å²) in [5.41, 5.74) is 4.06. The van der Waals surface area contributed by atoms with Crippen LogP contribution in [-0.4, -0.2) is 52.3 Å². The molecular formula is C24H29N5OS. The van der Waals surface area contributed by atoms with E-state index >= 15 is 0 Å². The van der Waals surface area contributed by atoms with Crippen LogP contribution in [-0.2, 0) is 4.79 Å². The van der Waals surface area contributed by atoms with Crippen molar-refractivity contribution in [3.63, 3.8) is 0 Å². The highest BCUT2D eigenvalue weighted by Crippen LogP contribution is 2.26. The standard InChI is InChI=1S/C24H29N5OS/c1-18-7-3-6-10-22(18)29-16-13-25-24(29)31-17-23(30)27-21-9-5-4-8-20(21)26-19-11-14-28(2)15-12-19/h3-10,13,16,19,26H,11-12,14-15,17H2,1-2H3,(H,27,30). The molecule has 1 aliphatic rings. The Kier molecular flexibility index (Phi) is 6.94. The molecule has 2 aromatic carbocycles. The van der Waals surface area contributed by atoms with Gasteiger partial charge in [0, 0.05) is 18.4 Å². The maximum absolute atomic E-state index is 12.7. The van der Waals surface area contributed by atoms with Gasteiger partial charge in [-0.25, -0.2) is 4.98 Å². The lowest BCUT2D eigenvalue weighted by molar-refractivity contribution is -0.113. The Morgan fingerprint density at radius 3 is 2.58 bits per heavy atom. The fourth-order valence-electron chi connectivity index (χ4n) is 3.82. The predicted molar refractivity (Wildman–Crippen MR) is 128 cm³/mol. The van der Waals surface area contributed by atoms with E-state index in [1.54, 1.807) is 6.20 Å². The topological polar surface area (TPSA) is 62.2 Å². The number of aromatic nitrogens is 2. The molecule has 31 heavy (non-hydrogen) atoms. The summed E-state index contributed by atoms with van der Waals surface area (Å²) in [6, 6.07) is 16.5. The number of nitrogens with zero attached hydrogens (tertiary/aromatic N) is 3. The molecular weight excluding hydrogens is 406 g/mol. The lowest BCUT2D eigenvalue weighted by Crippen LogP contribution is -2.36. The van der Waals surface area contributed by atoms with Gasteiger partial charge in [-0.05, 0) is 63.7 Å². The molecule has 1 aliphatic heterocycles. The van der Waals surface area contributed by atoms with Crippen molar-refractivity contribution in [3.8, 4) is 5.69 Å². The van der Waals surface area contributed by atoms with Gasteiger partial charge >= 0.3 is 0 Å². The van der Waals surface area contributed by atoms with Gasteiger partial charge in [0.1, 0.15) is 0 Å². The van der Waals surface area contributed by atoms with Crippen LogP contribution < -0.4 is 10.6 Å². The SMILES string of the molecule is Cc1ccccc1-n1ccnc1SCC(=O)Nc1ccccc1NC1CCN(C)CC1. The Balaban J connectivity index is 1.37. The second-order valence-corrected chi connectivity index (χ2v) is 8.91. The minimum absolute atomic E-state index is 0.0399. The monoisotopic (exact) mass is 435 g/mol. The Bertz CT molecular complexity index is 1030. The normalized spacial score (nSPS) is 15.0. The number of carbonyl (C=O) groups excluding carboxylic acids is 1. The van der Waals surface area contributed by atoms with E-state index in [-0.39, 0.29) is 5.91 Å². The molecule has 0 aliphatic carbocycles. The van der Waals surface area contributed by atoms with Gasteiger partial charge in [-0.1, -0.05) is 42.1 Å². The van der Waals surface area contributed by atoms with Crippen LogP contribution in [0.3, 0.4) is 0 Å². The van der Waals surface area contributed by atoms with Crippen LogP contribution in [0.2, 0.25) is 0 Å². The molecule has 0 bridgehead atoms. The number of para-hydroxylation sites is 3. The van der Waals surface area contributed by atoms with Gasteiger partial charge in [0.25, 0.3) is 0 Å². The van der Waals surface area contributed by atoms with E-state index in [0.29, 0.717) is 11.8 Å². The van der Waals surface area contributed by atoms with Crippen LogP contribution in [0.25, 0.3) is 5.69 Å². The minimum atomic E-state index is -0.0399. The smallest absolute Gasteiger partial charge is 0.234 e. The van der Waals surface area contributed by atoms with Gasteiger partial charge in [-0.3, -0.25) is 9.36 Å². The van der Waals surface area contributed by atoms with Crippen molar-refractivity contribution >= 4 is 29.0 Å². The Morgan fingerprint density at radius 1 is 1.10 bits per heavy atom. The first kappa shape index (κ1) is 21.5. The first-order chi connectivity index (χ1) is 15.1. The van der Waals surface area contributed by atoms with Crippen molar-refractivity contribution in [2.75, 3.05) is 36.5 Å². The number of piperidine rings is 1. The third-order valence-corrected chi connectivity index (χ3v) is 6.56. The van der Waals surface area contributed by atoms with Gasteiger partial charge in [0.05, 0.1) is 22.8 Å². The molecule has 0 radical (unpaired) electrons. The molecule has 2 heterocycles. The van der Waals surface area contributed by atoms with E-state index in [2.05, 4.69) is 46.6 Å². The fraction of sp³-hybridized carbons (Fsp3) is 0.333. The summed E-state index contributed by atoms with van der Waals surface area (Å²) < 4.78 is 2.03. The summed E-state index contributed by atoms with van der Waals surface area (Å²) in [5.74, 6) is 0.257. The zero-order chi connectivity index (χ0) is 21.6. The van der Waals surface area contributed by atoms with E-state index in [1.165, 1.54) is 17.3 Å². The number of carbonyl (C=O) groups is 1. The van der Waals surface area contributed by atoms with E-state index in [9.17, 15) is 4.79 Å². The second kappa shape index (κ2) is 10.0. The van der Waals surface area contributed by atoms with Crippen molar-refractivity contribution < 1.29 is 4.79 Å². The summed E-state index contributed by atoms with van der Waals surface area (Å²) in [5, 5.41) is 7.50. The van der Waals surface area contributed by atoms with Crippen LogP contribution >= 0.6 is 11.8 Å². The number of benzene rings is 2. The van der Waals surface area contributed by atoms with E-state index in [0.717, 1.165) is 48.1 Å². The lowest BCUT2D eigenvalue weighted by Gasteiger charge is -2.30. The van der Waals surface area contributed by atoms with Crippen molar-refractivity contribution in [3.05, 3.63) is 66.5 Å². The quantitative estimate of drug-likeness (QED) is 0.538. The largest absolute Gasteiger partial charge is 0.381 e. The zero-order valence-corrected chi connectivity index (χ0v) is 18.9. The average molecular weight is 436 g/mol.